The molecular formula is C11H22N4O. The Morgan fingerprint density at radius 2 is 2.19 bits per heavy atom. The zero-order valence-corrected chi connectivity index (χ0v) is 10.4. The van der Waals surface area contributed by atoms with Crippen molar-refractivity contribution >= 4 is 11.5 Å². The van der Waals surface area contributed by atoms with Crippen molar-refractivity contribution in [2.75, 3.05) is 30.8 Å². The minimum absolute atomic E-state index is 0.765. The average molecular weight is 226 g/mol. The molecule has 0 atom stereocenters. The summed E-state index contributed by atoms with van der Waals surface area (Å²) >= 11 is 0. The van der Waals surface area contributed by atoms with E-state index in [-0.39, 0.29) is 0 Å². The molecule has 0 unspecified atom stereocenters. The highest BCUT2D eigenvalue weighted by Gasteiger charge is 2.10. The fraction of sp³-hybridized carbons (Fsp3) is 0.727. The van der Waals surface area contributed by atoms with Gasteiger partial charge in [0.25, 0.3) is 0 Å². The first-order chi connectivity index (χ1) is 7.70. The van der Waals surface area contributed by atoms with E-state index in [1.165, 1.54) is 0 Å². The molecular weight excluding hydrogens is 204 g/mol. The summed E-state index contributed by atoms with van der Waals surface area (Å²) in [7, 11) is 1.90. The summed E-state index contributed by atoms with van der Waals surface area (Å²) in [5.74, 6) is 0.911. The number of nitrogen functional groups attached to an aromatic ring is 1. The highest BCUT2D eigenvalue weighted by Crippen LogP contribution is 2.21. The summed E-state index contributed by atoms with van der Waals surface area (Å²) in [4.78, 5) is 0. The number of hydrogen-bond donors (Lipinski definition) is 2. The molecule has 5 heteroatoms. The van der Waals surface area contributed by atoms with Crippen LogP contribution in [-0.4, -0.2) is 29.5 Å². The highest BCUT2D eigenvalue weighted by molar-refractivity contribution is 5.64. The maximum absolute atomic E-state index is 5.98. The van der Waals surface area contributed by atoms with Crippen molar-refractivity contribution in [2.24, 2.45) is 7.05 Å². The minimum atomic E-state index is 0.765. The van der Waals surface area contributed by atoms with Gasteiger partial charge in [-0.15, -0.1) is 0 Å². The monoisotopic (exact) mass is 226 g/mol. The summed E-state index contributed by atoms with van der Waals surface area (Å²) in [5.41, 5.74) is 7.70. The molecule has 16 heavy (non-hydrogen) atoms. The average Bonchev–Trinajstić information content (AvgIpc) is 2.55. The largest absolute Gasteiger partial charge is 0.394 e. The van der Waals surface area contributed by atoms with Crippen LogP contribution in [0.5, 0.6) is 0 Å². The van der Waals surface area contributed by atoms with Crippen molar-refractivity contribution in [3.8, 4) is 0 Å². The number of nitrogens with zero attached hydrogens (tertiary/aromatic N) is 2. The number of hydrogen-bond acceptors (Lipinski definition) is 4. The number of nitrogens with two attached hydrogens (primary N) is 1. The van der Waals surface area contributed by atoms with E-state index < -0.39 is 0 Å². The molecule has 1 heterocycles. The van der Waals surface area contributed by atoms with Gasteiger partial charge in [0.15, 0.2) is 0 Å². The molecule has 0 saturated carbocycles. The minimum Gasteiger partial charge on any atom is -0.394 e. The number of rotatable bonds is 7. The number of ether oxygens (including phenoxy) is 1. The molecule has 5 nitrogen and oxygen atoms in total. The normalized spacial score (nSPS) is 10.7. The topological polar surface area (TPSA) is 65.1 Å². The Bertz CT molecular complexity index is 322. The summed E-state index contributed by atoms with van der Waals surface area (Å²) < 4.78 is 7.07. The van der Waals surface area contributed by atoms with Crippen molar-refractivity contribution in [1.29, 1.82) is 0 Å². The maximum Gasteiger partial charge on any atom is 0.147 e. The van der Waals surface area contributed by atoms with E-state index in [4.69, 9.17) is 10.5 Å². The molecule has 0 aliphatic carbocycles. The maximum atomic E-state index is 5.98. The van der Waals surface area contributed by atoms with Crippen LogP contribution < -0.4 is 11.1 Å². The van der Waals surface area contributed by atoms with Crippen molar-refractivity contribution in [2.45, 2.75) is 26.7 Å². The van der Waals surface area contributed by atoms with Gasteiger partial charge in [0.1, 0.15) is 5.82 Å². The molecule has 92 valence electrons. The first kappa shape index (κ1) is 12.8. The lowest BCUT2D eigenvalue weighted by atomic mass is 10.3. The zero-order chi connectivity index (χ0) is 12.0. The molecule has 1 aromatic rings. The summed E-state index contributed by atoms with van der Waals surface area (Å²) in [6.45, 7) is 6.46. The Hall–Kier alpha value is -1.23. The van der Waals surface area contributed by atoms with Gasteiger partial charge in [-0.3, -0.25) is 4.68 Å². The van der Waals surface area contributed by atoms with Gasteiger partial charge in [-0.2, -0.15) is 5.10 Å². The standard InChI is InChI=1S/C11H22N4O/c1-4-9-10(12)11(15(3)14-9)13-7-6-8-16-5-2/h13H,4-8,12H2,1-3H3. The van der Waals surface area contributed by atoms with Crippen LogP contribution in [0.4, 0.5) is 11.5 Å². The second-order valence-electron chi connectivity index (χ2n) is 3.66. The van der Waals surface area contributed by atoms with Crippen LogP contribution in [0, 0.1) is 0 Å². The molecule has 0 aliphatic rings. The molecule has 0 saturated heterocycles. The van der Waals surface area contributed by atoms with Crippen LogP contribution in [0.3, 0.4) is 0 Å². The summed E-state index contributed by atoms with van der Waals surface area (Å²) in [5, 5.41) is 7.63. The predicted octanol–water partition coefficient (Wildman–Crippen LogP) is 1.40. The van der Waals surface area contributed by atoms with E-state index in [1.54, 1.807) is 4.68 Å². The first-order valence-corrected chi connectivity index (χ1v) is 5.83. The Kier molecular flexibility index (Phi) is 5.11. The Balaban J connectivity index is 2.44. The number of aromatic nitrogens is 2. The van der Waals surface area contributed by atoms with Gasteiger partial charge in [0.2, 0.25) is 0 Å². The molecule has 0 aromatic carbocycles. The quantitative estimate of drug-likeness (QED) is 0.690. The van der Waals surface area contributed by atoms with E-state index >= 15 is 0 Å². The third-order valence-corrected chi connectivity index (χ3v) is 2.46. The van der Waals surface area contributed by atoms with E-state index in [2.05, 4.69) is 17.3 Å². The lowest BCUT2D eigenvalue weighted by Gasteiger charge is -2.07. The second-order valence-corrected chi connectivity index (χ2v) is 3.66. The SMILES string of the molecule is CCOCCCNc1c(N)c(CC)nn1C. The highest BCUT2D eigenvalue weighted by atomic mass is 16.5. The van der Waals surface area contributed by atoms with Crippen molar-refractivity contribution in [1.82, 2.24) is 9.78 Å². The van der Waals surface area contributed by atoms with Gasteiger partial charge in [-0.1, -0.05) is 6.92 Å². The molecule has 0 fully saturated rings. The number of anilines is 2. The summed E-state index contributed by atoms with van der Waals surface area (Å²) in [6, 6.07) is 0. The second kappa shape index (κ2) is 6.37. The smallest absolute Gasteiger partial charge is 0.147 e. The Morgan fingerprint density at radius 1 is 1.44 bits per heavy atom. The van der Waals surface area contributed by atoms with Crippen molar-refractivity contribution < 1.29 is 4.74 Å². The Morgan fingerprint density at radius 3 is 2.75 bits per heavy atom. The van der Waals surface area contributed by atoms with Crippen LogP contribution in [0.1, 0.15) is 26.0 Å². The fourth-order valence-electron chi connectivity index (χ4n) is 1.59. The lowest BCUT2D eigenvalue weighted by molar-refractivity contribution is 0.147. The van der Waals surface area contributed by atoms with Crippen molar-refractivity contribution in [3.05, 3.63) is 5.69 Å². The molecule has 3 N–H and O–H groups in total. The number of nitrogens with one attached hydrogen (secondary N) is 1. The van der Waals surface area contributed by atoms with Crippen LogP contribution in [-0.2, 0) is 18.2 Å². The van der Waals surface area contributed by atoms with E-state index in [1.807, 2.05) is 14.0 Å². The predicted molar refractivity (Wildman–Crippen MR) is 66.6 cm³/mol. The van der Waals surface area contributed by atoms with Gasteiger partial charge >= 0.3 is 0 Å². The van der Waals surface area contributed by atoms with Crippen LogP contribution in [0.25, 0.3) is 0 Å². The van der Waals surface area contributed by atoms with Gasteiger partial charge in [0, 0.05) is 26.8 Å². The fourth-order valence-corrected chi connectivity index (χ4v) is 1.59. The molecule has 1 rings (SSSR count). The van der Waals surface area contributed by atoms with Gasteiger partial charge in [0.05, 0.1) is 11.4 Å². The van der Waals surface area contributed by atoms with Gasteiger partial charge in [-0.05, 0) is 19.8 Å². The Labute approximate surface area is 97.0 Å². The van der Waals surface area contributed by atoms with E-state index in [0.717, 1.165) is 49.8 Å². The zero-order valence-electron chi connectivity index (χ0n) is 10.4. The van der Waals surface area contributed by atoms with Gasteiger partial charge in [-0.25, -0.2) is 0 Å². The number of aryl methyl sites for hydroxylation is 2. The van der Waals surface area contributed by atoms with E-state index in [0.29, 0.717) is 0 Å². The lowest BCUT2D eigenvalue weighted by Crippen LogP contribution is -2.10. The van der Waals surface area contributed by atoms with E-state index in [9.17, 15) is 0 Å². The molecule has 0 aliphatic heterocycles. The van der Waals surface area contributed by atoms with Crippen LogP contribution >= 0.6 is 0 Å². The molecule has 0 amide bonds. The molecule has 1 aromatic heterocycles. The first-order valence-electron chi connectivity index (χ1n) is 5.83. The van der Waals surface area contributed by atoms with Crippen LogP contribution in [0.2, 0.25) is 0 Å². The third-order valence-electron chi connectivity index (χ3n) is 2.46. The molecule has 0 radical (unpaired) electrons. The molecule has 0 bridgehead atoms. The van der Waals surface area contributed by atoms with Gasteiger partial charge < -0.3 is 15.8 Å². The van der Waals surface area contributed by atoms with Crippen LogP contribution in [0.15, 0.2) is 0 Å². The summed E-state index contributed by atoms with van der Waals surface area (Å²) in [6.07, 6.45) is 1.83. The van der Waals surface area contributed by atoms with Crippen molar-refractivity contribution in [3.63, 3.8) is 0 Å². The third kappa shape index (κ3) is 3.13. The molecule has 0 spiro atoms.